The van der Waals surface area contributed by atoms with Gasteiger partial charge >= 0.3 is 11.9 Å². The van der Waals surface area contributed by atoms with Crippen LogP contribution in [0.25, 0.3) is 10.2 Å². The van der Waals surface area contributed by atoms with E-state index in [4.69, 9.17) is 19.6 Å². The number of aromatic nitrogens is 1. The van der Waals surface area contributed by atoms with Crippen molar-refractivity contribution in [2.24, 2.45) is 0 Å². The first kappa shape index (κ1) is 18.0. The lowest BCUT2D eigenvalue weighted by Gasteiger charge is -2.19. The molecule has 0 radical (unpaired) electrons. The highest BCUT2D eigenvalue weighted by Crippen LogP contribution is 2.28. The number of nitrogens with one attached hydrogen (secondary N) is 1. The number of nitrogens with zero attached hydrogens (tertiary/aromatic N) is 1. The Labute approximate surface area is 143 Å². The van der Waals surface area contributed by atoms with Crippen LogP contribution in [0.4, 0.5) is 0 Å². The van der Waals surface area contributed by atoms with E-state index >= 15 is 0 Å². The van der Waals surface area contributed by atoms with E-state index in [2.05, 4.69) is 0 Å². The van der Waals surface area contributed by atoms with Crippen LogP contribution in [0.2, 0.25) is 0 Å². The average Bonchev–Trinajstić information content (AvgIpc) is 2.78. The van der Waals surface area contributed by atoms with Gasteiger partial charge in [-0.05, 0) is 26.8 Å². The van der Waals surface area contributed by atoms with Crippen LogP contribution in [-0.4, -0.2) is 36.3 Å². The molecule has 2 aromatic rings. The zero-order valence-corrected chi connectivity index (χ0v) is 15.1. The molecule has 0 saturated heterocycles. The summed E-state index contributed by atoms with van der Waals surface area (Å²) in [5.41, 5.74) is 0.306. The molecule has 0 bridgehead atoms. The first-order chi connectivity index (χ1) is 11.2. The third kappa shape index (κ3) is 3.76. The first-order valence-electron chi connectivity index (χ1n) is 7.22. The van der Waals surface area contributed by atoms with E-state index in [0.29, 0.717) is 16.0 Å². The first-order valence-corrected chi connectivity index (χ1v) is 8.04. The number of hydrogen-bond donors (Lipinski definition) is 1. The molecule has 0 aliphatic rings. The highest BCUT2D eigenvalue weighted by Gasteiger charge is 2.20. The molecule has 1 heterocycles. The number of carbonyl (C=O) groups excluding carboxylic acids is 2. The molecule has 130 valence electrons. The van der Waals surface area contributed by atoms with Gasteiger partial charge in [-0.3, -0.25) is 10.2 Å². The molecule has 24 heavy (non-hydrogen) atoms. The van der Waals surface area contributed by atoms with Crippen LogP contribution in [0.1, 0.15) is 31.1 Å². The number of thiazole rings is 1. The highest BCUT2D eigenvalue weighted by atomic mass is 32.1. The maximum absolute atomic E-state index is 12.1. The molecule has 0 fully saturated rings. The minimum Gasteiger partial charge on any atom is -0.496 e. The Kier molecular flexibility index (Phi) is 4.98. The minimum atomic E-state index is -0.596. The molecular formula is C16H20N2O5S. The molecule has 1 aromatic carbocycles. The molecule has 1 aromatic heterocycles. The normalized spacial score (nSPS) is 11.4. The molecule has 0 spiro atoms. The zero-order chi connectivity index (χ0) is 18.1. The molecule has 0 aliphatic carbocycles. The van der Waals surface area contributed by atoms with E-state index < -0.39 is 17.5 Å². The van der Waals surface area contributed by atoms with Crippen LogP contribution < -0.4 is 9.54 Å². The topological polar surface area (TPSA) is 90.6 Å². The molecule has 0 amide bonds. The number of rotatable bonds is 4. The Bertz CT molecular complexity index is 844. The Hall–Kier alpha value is -2.35. The van der Waals surface area contributed by atoms with E-state index in [1.165, 1.54) is 18.8 Å². The lowest BCUT2D eigenvalue weighted by Crippen LogP contribution is -2.28. The van der Waals surface area contributed by atoms with E-state index in [1.807, 2.05) is 0 Å². The van der Waals surface area contributed by atoms with Crippen molar-refractivity contribution in [1.82, 2.24) is 4.57 Å². The Morgan fingerprint density at radius 1 is 1.25 bits per heavy atom. The molecule has 7 nitrogen and oxygen atoms in total. The smallest absolute Gasteiger partial charge is 0.341 e. The molecule has 0 saturated carbocycles. The molecule has 0 unspecified atom stereocenters. The number of ether oxygens (including phenoxy) is 3. The lowest BCUT2D eigenvalue weighted by atomic mass is 10.2. The van der Waals surface area contributed by atoms with Crippen molar-refractivity contribution in [2.45, 2.75) is 32.9 Å². The monoisotopic (exact) mass is 352 g/mol. The summed E-state index contributed by atoms with van der Waals surface area (Å²) in [4.78, 5) is 24.1. The predicted octanol–water partition coefficient (Wildman–Crippen LogP) is 2.32. The van der Waals surface area contributed by atoms with Crippen LogP contribution in [-0.2, 0) is 20.8 Å². The van der Waals surface area contributed by atoms with E-state index in [1.54, 1.807) is 32.9 Å². The Morgan fingerprint density at radius 2 is 1.92 bits per heavy atom. The molecule has 8 heteroatoms. The van der Waals surface area contributed by atoms with Crippen LogP contribution >= 0.6 is 11.3 Å². The average molecular weight is 352 g/mol. The van der Waals surface area contributed by atoms with Gasteiger partial charge in [0.1, 0.15) is 23.5 Å². The SMILES string of the molecule is COC(=O)c1cc2sc(=N)n(CC(=O)OC(C)(C)C)c2cc1OC. The summed E-state index contributed by atoms with van der Waals surface area (Å²) in [6.07, 6.45) is 0. The van der Waals surface area contributed by atoms with Gasteiger partial charge in [0.2, 0.25) is 0 Å². The van der Waals surface area contributed by atoms with E-state index in [-0.39, 0.29) is 16.9 Å². The van der Waals surface area contributed by atoms with Crippen LogP contribution in [0, 0.1) is 5.41 Å². The summed E-state index contributed by atoms with van der Waals surface area (Å²) in [6.45, 7) is 5.27. The number of methoxy groups -OCH3 is 2. The molecule has 2 rings (SSSR count). The van der Waals surface area contributed by atoms with Crippen molar-refractivity contribution >= 4 is 33.5 Å². The third-order valence-corrected chi connectivity index (χ3v) is 4.10. The van der Waals surface area contributed by atoms with Gasteiger partial charge in [-0.1, -0.05) is 11.3 Å². The number of fused-ring (bicyclic) bond motifs is 1. The Balaban J connectivity index is 2.49. The fourth-order valence-corrected chi connectivity index (χ4v) is 3.14. The largest absolute Gasteiger partial charge is 0.496 e. The predicted molar refractivity (Wildman–Crippen MR) is 89.4 cm³/mol. The summed E-state index contributed by atoms with van der Waals surface area (Å²) >= 11 is 1.16. The van der Waals surface area contributed by atoms with Crippen LogP contribution in [0.15, 0.2) is 12.1 Å². The number of esters is 2. The van der Waals surface area contributed by atoms with Gasteiger partial charge in [-0.15, -0.1) is 0 Å². The van der Waals surface area contributed by atoms with Crippen molar-refractivity contribution in [3.05, 3.63) is 22.5 Å². The molecular weight excluding hydrogens is 332 g/mol. The number of benzene rings is 1. The van der Waals surface area contributed by atoms with E-state index in [9.17, 15) is 9.59 Å². The lowest BCUT2D eigenvalue weighted by molar-refractivity contribution is -0.155. The van der Waals surface area contributed by atoms with Gasteiger partial charge in [0, 0.05) is 6.07 Å². The van der Waals surface area contributed by atoms with Crippen LogP contribution in [0.5, 0.6) is 5.75 Å². The number of carbonyl (C=O) groups is 2. The summed E-state index contributed by atoms with van der Waals surface area (Å²) in [6, 6.07) is 3.23. The van der Waals surface area contributed by atoms with Gasteiger partial charge < -0.3 is 18.8 Å². The van der Waals surface area contributed by atoms with Crippen molar-refractivity contribution in [3.8, 4) is 5.75 Å². The zero-order valence-electron chi connectivity index (χ0n) is 14.3. The summed E-state index contributed by atoms with van der Waals surface area (Å²) in [5, 5.41) is 8.09. The quantitative estimate of drug-likeness (QED) is 0.853. The Morgan fingerprint density at radius 3 is 2.46 bits per heavy atom. The fraction of sp³-hybridized carbons (Fsp3) is 0.438. The summed E-state index contributed by atoms with van der Waals surface area (Å²) < 4.78 is 17.5. The summed E-state index contributed by atoms with van der Waals surface area (Å²) in [7, 11) is 2.73. The van der Waals surface area contributed by atoms with Crippen molar-refractivity contribution in [3.63, 3.8) is 0 Å². The molecule has 0 atom stereocenters. The molecule has 1 N–H and O–H groups in total. The van der Waals surface area contributed by atoms with Gasteiger partial charge in [-0.25, -0.2) is 4.79 Å². The standard InChI is InChI=1S/C16H20N2O5S/c1-16(2,3)23-13(19)8-18-10-7-11(21-4)9(14(20)22-5)6-12(10)24-15(18)17/h6-7,17H,8H2,1-5H3. The van der Waals surface area contributed by atoms with Crippen LogP contribution in [0.3, 0.4) is 0 Å². The number of hydrogen-bond acceptors (Lipinski definition) is 7. The van der Waals surface area contributed by atoms with Crippen molar-refractivity contribution < 1.29 is 23.8 Å². The second-order valence-corrected chi connectivity index (χ2v) is 7.12. The molecule has 0 aliphatic heterocycles. The fourth-order valence-electron chi connectivity index (χ4n) is 2.21. The minimum absolute atomic E-state index is 0.0865. The van der Waals surface area contributed by atoms with Gasteiger partial charge in [0.25, 0.3) is 0 Å². The van der Waals surface area contributed by atoms with Crippen molar-refractivity contribution in [1.29, 1.82) is 5.41 Å². The van der Waals surface area contributed by atoms with Gasteiger partial charge in [0.05, 0.1) is 24.4 Å². The van der Waals surface area contributed by atoms with E-state index in [0.717, 1.165) is 11.3 Å². The van der Waals surface area contributed by atoms with Gasteiger partial charge in [0.15, 0.2) is 4.80 Å². The second-order valence-electron chi connectivity index (χ2n) is 6.09. The second kappa shape index (κ2) is 6.64. The summed E-state index contributed by atoms with van der Waals surface area (Å²) in [5.74, 6) is -0.630. The third-order valence-electron chi connectivity index (χ3n) is 3.14. The maximum atomic E-state index is 12.1. The van der Waals surface area contributed by atoms with Gasteiger partial charge in [-0.2, -0.15) is 0 Å². The van der Waals surface area contributed by atoms with Crippen molar-refractivity contribution in [2.75, 3.05) is 14.2 Å². The maximum Gasteiger partial charge on any atom is 0.341 e. The highest BCUT2D eigenvalue weighted by molar-refractivity contribution is 7.16.